The molecule has 0 heterocycles. The van der Waals surface area contributed by atoms with Crippen LogP contribution in [0, 0.1) is 17.2 Å². The number of nitriles is 1. The molecule has 1 aliphatic carbocycles. The van der Waals surface area contributed by atoms with Gasteiger partial charge in [-0.05, 0) is 33.1 Å². The van der Waals surface area contributed by atoms with Crippen LogP contribution in [0.15, 0.2) is 0 Å². The summed E-state index contributed by atoms with van der Waals surface area (Å²) in [6.45, 7) is 2.44. The van der Waals surface area contributed by atoms with E-state index in [0.29, 0.717) is 0 Å². The molecule has 3 nitrogen and oxygen atoms in total. The summed E-state index contributed by atoms with van der Waals surface area (Å²) < 4.78 is 13.2. The van der Waals surface area contributed by atoms with Gasteiger partial charge in [0.15, 0.2) is 5.67 Å². The number of rotatable bonds is 2. The minimum atomic E-state index is -1.86. The van der Waals surface area contributed by atoms with E-state index in [1.165, 1.54) is 13.8 Å². The minimum absolute atomic E-state index is 0.152. The van der Waals surface area contributed by atoms with Gasteiger partial charge >= 0.3 is 0 Å². The summed E-state index contributed by atoms with van der Waals surface area (Å²) >= 11 is 0. The summed E-state index contributed by atoms with van der Waals surface area (Å²) in [5.41, 5.74) is -1.86. The lowest BCUT2D eigenvalue weighted by molar-refractivity contribution is -0.131. The highest BCUT2D eigenvalue weighted by molar-refractivity contribution is 5.84. The van der Waals surface area contributed by atoms with Gasteiger partial charge in [0.25, 0.3) is 5.91 Å². The van der Waals surface area contributed by atoms with E-state index >= 15 is 0 Å². The fourth-order valence-corrected chi connectivity index (χ4v) is 1.63. The van der Waals surface area contributed by atoms with Crippen LogP contribution in [0.2, 0.25) is 0 Å². The van der Waals surface area contributed by atoms with Crippen molar-refractivity contribution >= 4 is 5.91 Å². The van der Waals surface area contributed by atoms with E-state index in [1.807, 2.05) is 0 Å². The van der Waals surface area contributed by atoms with Crippen LogP contribution in [0.5, 0.6) is 0 Å². The Kier molecular flexibility index (Phi) is 3.10. The van der Waals surface area contributed by atoms with Crippen LogP contribution in [0.1, 0.15) is 33.1 Å². The molecule has 0 saturated heterocycles. The summed E-state index contributed by atoms with van der Waals surface area (Å²) in [7, 11) is 0. The molecule has 0 aromatic heterocycles. The first-order valence-electron chi connectivity index (χ1n) is 4.84. The third kappa shape index (κ3) is 2.44. The van der Waals surface area contributed by atoms with Gasteiger partial charge < -0.3 is 5.32 Å². The lowest BCUT2D eigenvalue weighted by Gasteiger charge is -2.20. The smallest absolute Gasteiger partial charge is 0.257 e. The van der Waals surface area contributed by atoms with Crippen molar-refractivity contribution in [3.8, 4) is 6.07 Å². The Hall–Kier alpha value is -1.11. The Morgan fingerprint density at radius 1 is 1.57 bits per heavy atom. The van der Waals surface area contributed by atoms with Crippen molar-refractivity contribution in [2.75, 3.05) is 0 Å². The van der Waals surface area contributed by atoms with Gasteiger partial charge in [0.1, 0.15) is 0 Å². The molecule has 0 bridgehead atoms. The van der Waals surface area contributed by atoms with E-state index in [9.17, 15) is 9.18 Å². The van der Waals surface area contributed by atoms with E-state index in [1.54, 1.807) is 0 Å². The maximum Gasteiger partial charge on any atom is 0.257 e. The van der Waals surface area contributed by atoms with Crippen LogP contribution in [0.4, 0.5) is 4.39 Å². The Morgan fingerprint density at radius 3 is 2.71 bits per heavy atom. The second kappa shape index (κ2) is 3.95. The highest BCUT2D eigenvalue weighted by atomic mass is 19.1. The fraction of sp³-hybridized carbons (Fsp3) is 0.800. The van der Waals surface area contributed by atoms with Crippen LogP contribution in [0.25, 0.3) is 0 Å². The zero-order valence-electron chi connectivity index (χ0n) is 8.51. The van der Waals surface area contributed by atoms with Gasteiger partial charge in [0.05, 0.1) is 12.0 Å². The number of nitrogens with one attached hydrogen (secondary N) is 1. The zero-order valence-corrected chi connectivity index (χ0v) is 8.51. The summed E-state index contributed by atoms with van der Waals surface area (Å²) in [5.74, 6) is -0.772. The van der Waals surface area contributed by atoms with Gasteiger partial charge in [-0.1, -0.05) is 0 Å². The van der Waals surface area contributed by atoms with Crippen LogP contribution < -0.4 is 5.32 Å². The van der Waals surface area contributed by atoms with Crippen molar-refractivity contribution in [1.82, 2.24) is 5.32 Å². The van der Waals surface area contributed by atoms with E-state index in [4.69, 9.17) is 5.26 Å². The van der Waals surface area contributed by atoms with Crippen LogP contribution in [0.3, 0.4) is 0 Å². The molecule has 1 N–H and O–H groups in total. The molecule has 2 unspecified atom stereocenters. The predicted molar refractivity (Wildman–Crippen MR) is 50.1 cm³/mol. The Labute approximate surface area is 83.3 Å². The molecule has 0 aliphatic heterocycles. The third-order valence-corrected chi connectivity index (χ3v) is 2.54. The first-order chi connectivity index (χ1) is 6.45. The molecule has 14 heavy (non-hydrogen) atoms. The van der Waals surface area contributed by atoms with Crippen molar-refractivity contribution in [3.05, 3.63) is 0 Å². The topological polar surface area (TPSA) is 52.9 Å². The van der Waals surface area contributed by atoms with E-state index < -0.39 is 11.6 Å². The van der Waals surface area contributed by atoms with Crippen LogP contribution >= 0.6 is 0 Å². The highest BCUT2D eigenvalue weighted by Gasteiger charge is 2.33. The minimum Gasteiger partial charge on any atom is -0.349 e. The normalized spacial score (nSPS) is 27.0. The lowest BCUT2D eigenvalue weighted by atomic mass is 10.0. The number of hydrogen-bond donors (Lipinski definition) is 1. The van der Waals surface area contributed by atoms with Crippen LogP contribution in [-0.2, 0) is 4.79 Å². The standard InChI is InChI=1S/C10H15FN2O/c1-10(2,11)9(14)13-8-5-3-4-7(8)6-12/h7-8H,3-5H2,1-2H3,(H,13,14). The largest absolute Gasteiger partial charge is 0.349 e. The highest BCUT2D eigenvalue weighted by Crippen LogP contribution is 2.25. The molecule has 1 saturated carbocycles. The summed E-state index contributed by atoms with van der Waals surface area (Å²) in [6.07, 6.45) is 2.50. The molecule has 0 radical (unpaired) electrons. The third-order valence-electron chi connectivity index (χ3n) is 2.54. The molecule has 4 heteroatoms. The molecule has 1 aliphatic rings. The second-order valence-electron chi connectivity index (χ2n) is 4.22. The van der Waals surface area contributed by atoms with Crippen molar-refractivity contribution in [2.24, 2.45) is 5.92 Å². The summed E-state index contributed by atoms with van der Waals surface area (Å²) in [6, 6.07) is 1.97. The molecule has 1 fully saturated rings. The molecule has 1 rings (SSSR count). The molecular weight excluding hydrogens is 183 g/mol. The van der Waals surface area contributed by atoms with E-state index in [2.05, 4.69) is 11.4 Å². The summed E-state index contributed by atoms with van der Waals surface area (Å²) in [5, 5.41) is 11.3. The lowest BCUT2D eigenvalue weighted by Crippen LogP contribution is -2.45. The Balaban J connectivity index is 2.53. The SMILES string of the molecule is CC(C)(F)C(=O)NC1CCCC1C#N. The first-order valence-corrected chi connectivity index (χ1v) is 4.84. The Bertz CT molecular complexity index is 264. The molecule has 0 aromatic carbocycles. The van der Waals surface area contributed by atoms with Gasteiger partial charge in [-0.3, -0.25) is 4.79 Å². The molecule has 1 amide bonds. The van der Waals surface area contributed by atoms with Crippen molar-refractivity contribution in [3.63, 3.8) is 0 Å². The second-order valence-corrected chi connectivity index (χ2v) is 4.22. The molecular formula is C10H15FN2O. The van der Waals surface area contributed by atoms with Gasteiger partial charge in [-0.15, -0.1) is 0 Å². The predicted octanol–water partition coefficient (Wildman–Crippen LogP) is 1.54. The first kappa shape index (κ1) is 11.0. The Morgan fingerprint density at radius 2 is 2.21 bits per heavy atom. The number of nitrogens with zero attached hydrogens (tertiary/aromatic N) is 1. The number of carbonyl (C=O) groups is 1. The van der Waals surface area contributed by atoms with Crippen molar-refractivity contribution in [2.45, 2.75) is 44.8 Å². The van der Waals surface area contributed by atoms with Gasteiger partial charge in [-0.2, -0.15) is 5.26 Å². The van der Waals surface area contributed by atoms with E-state index in [-0.39, 0.29) is 12.0 Å². The van der Waals surface area contributed by atoms with Crippen molar-refractivity contribution < 1.29 is 9.18 Å². The van der Waals surface area contributed by atoms with Crippen LogP contribution in [-0.4, -0.2) is 17.6 Å². The van der Waals surface area contributed by atoms with Gasteiger partial charge in [0.2, 0.25) is 0 Å². The number of amides is 1. The maximum atomic E-state index is 13.2. The molecule has 2 atom stereocenters. The fourth-order valence-electron chi connectivity index (χ4n) is 1.63. The monoisotopic (exact) mass is 198 g/mol. The molecule has 78 valence electrons. The maximum absolute atomic E-state index is 13.2. The average molecular weight is 198 g/mol. The van der Waals surface area contributed by atoms with Gasteiger partial charge in [-0.25, -0.2) is 4.39 Å². The molecule has 0 aromatic rings. The van der Waals surface area contributed by atoms with E-state index in [0.717, 1.165) is 19.3 Å². The number of carbonyl (C=O) groups excluding carboxylic acids is 1. The summed E-state index contributed by atoms with van der Waals surface area (Å²) in [4.78, 5) is 11.3. The van der Waals surface area contributed by atoms with Gasteiger partial charge in [0, 0.05) is 6.04 Å². The molecule has 0 spiro atoms. The zero-order chi connectivity index (χ0) is 10.8. The number of alkyl halides is 1. The van der Waals surface area contributed by atoms with Crippen molar-refractivity contribution in [1.29, 1.82) is 5.26 Å². The average Bonchev–Trinajstić information content (AvgIpc) is 2.50. The number of halogens is 1. The quantitative estimate of drug-likeness (QED) is 0.731. The number of hydrogen-bond acceptors (Lipinski definition) is 2.